The van der Waals surface area contributed by atoms with E-state index < -0.39 is 0 Å². The molecule has 4 rings (SSSR count). The number of rotatable bonds is 7. The van der Waals surface area contributed by atoms with Crippen molar-refractivity contribution < 1.29 is 9.21 Å². The maximum absolute atomic E-state index is 12.6. The molecule has 6 heteroatoms. The van der Waals surface area contributed by atoms with Gasteiger partial charge in [0.1, 0.15) is 5.76 Å². The van der Waals surface area contributed by atoms with Gasteiger partial charge >= 0.3 is 0 Å². The highest BCUT2D eigenvalue weighted by atomic mass is 32.2. The number of hydrogen-bond acceptors (Lipinski definition) is 5. The van der Waals surface area contributed by atoms with E-state index in [2.05, 4.69) is 41.5 Å². The standard InChI is InChI=1S/C26H24N2O2S2/c1-17-7-13-22(14-8-17)32-16-24-18(2)30-26(28-24)20-11-9-19(10-12-20)25(29)27-21-5-4-6-23(15-21)31-3/h4-15H,16H2,1-3H3,(H,27,29). The molecule has 4 aromatic rings. The van der Waals surface area contributed by atoms with E-state index in [0.29, 0.717) is 11.5 Å². The van der Waals surface area contributed by atoms with Gasteiger partial charge in [-0.05, 0) is 74.7 Å². The van der Waals surface area contributed by atoms with Crippen LogP contribution in [-0.4, -0.2) is 17.1 Å². The lowest BCUT2D eigenvalue weighted by Gasteiger charge is -2.07. The molecule has 1 aromatic heterocycles. The van der Waals surface area contributed by atoms with Crippen LogP contribution in [0.25, 0.3) is 11.5 Å². The molecule has 0 radical (unpaired) electrons. The second-order valence-corrected chi connectivity index (χ2v) is 9.32. The Balaban J connectivity index is 1.42. The molecule has 0 aliphatic heterocycles. The summed E-state index contributed by atoms with van der Waals surface area (Å²) in [4.78, 5) is 19.6. The van der Waals surface area contributed by atoms with E-state index >= 15 is 0 Å². The van der Waals surface area contributed by atoms with Gasteiger partial charge in [-0.15, -0.1) is 23.5 Å². The lowest BCUT2D eigenvalue weighted by Crippen LogP contribution is -2.11. The molecule has 0 saturated carbocycles. The third-order valence-electron chi connectivity index (χ3n) is 5.01. The Morgan fingerprint density at radius 2 is 1.72 bits per heavy atom. The number of benzene rings is 3. The maximum atomic E-state index is 12.6. The molecule has 32 heavy (non-hydrogen) atoms. The quantitative estimate of drug-likeness (QED) is 0.295. The first kappa shape index (κ1) is 22.2. The molecule has 0 fully saturated rings. The fraction of sp³-hybridized carbons (Fsp3) is 0.154. The van der Waals surface area contributed by atoms with Crippen molar-refractivity contribution in [1.82, 2.24) is 4.98 Å². The number of carbonyl (C=O) groups is 1. The van der Waals surface area contributed by atoms with Crippen LogP contribution in [0.2, 0.25) is 0 Å². The van der Waals surface area contributed by atoms with E-state index in [4.69, 9.17) is 4.42 Å². The van der Waals surface area contributed by atoms with Crippen molar-refractivity contribution in [2.75, 3.05) is 11.6 Å². The van der Waals surface area contributed by atoms with Crippen molar-refractivity contribution in [3.05, 3.63) is 95.4 Å². The van der Waals surface area contributed by atoms with Gasteiger partial charge in [-0.2, -0.15) is 0 Å². The second kappa shape index (κ2) is 10.1. The number of hydrogen-bond donors (Lipinski definition) is 1. The summed E-state index contributed by atoms with van der Waals surface area (Å²) in [5.41, 5.74) is 4.40. The molecule has 1 N–H and O–H groups in total. The summed E-state index contributed by atoms with van der Waals surface area (Å²) < 4.78 is 5.90. The van der Waals surface area contributed by atoms with Crippen LogP contribution >= 0.6 is 23.5 Å². The number of nitrogens with zero attached hydrogens (tertiary/aromatic N) is 1. The van der Waals surface area contributed by atoms with Gasteiger partial charge in [-0.25, -0.2) is 4.98 Å². The zero-order valence-corrected chi connectivity index (χ0v) is 19.8. The molecule has 1 heterocycles. The van der Waals surface area contributed by atoms with Crippen LogP contribution in [0.1, 0.15) is 27.4 Å². The van der Waals surface area contributed by atoms with Gasteiger partial charge in [-0.1, -0.05) is 23.8 Å². The summed E-state index contributed by atoms with van der Waals surface area (Å²) in [7, 11) is 0. The second-order valence-electron chi connectivity index (χ2n) is 7.39. The molecule has 162 valence electrons. The van der Waals surface area contributed by atoms with Crippen LogP contribution in [-0.2, 0) is 5.75 Å². The first-order chi connectivity index (χ1) is 15.5. The predicted molar refractivity (Wildman–Crippen MR) is 134 cm³/mol. The van der Waals surface area contributed by atoms with Crippen molar-refractivity contribution in [1.29, 1.82) is 0 Å². The number of thioether (sulfide) groups is 2. The summed E-state index contributed by atoms with van der Waals surface area (Å²) in [5, 5.41) is 2.95. The van der Waals surface area contributed by atoms with Crippen LogP contribution in [0.5, 0.6) is 0 Å². The zero-order valence-electron chi connectivity index (χ0n) is 18.2. The Morgan fingerprint density at radius 1 is 0.969 bits per heavy atom. The van der Waals surface area contributed by atoms with Crippen LogP contribution in [0, 0.1) is 13.8 Å². The molecule has 0 spiro atoms. The van der Waals surface area contributed by atoms with Crippen molar-refractivity contribution in [3.63, 3.8) is 0 Å². The van der Waals surface area contributed by atoms with Crippen LogP contribution < -0.4 is 5.32 Å². The third-order valence-corrected chi connectivity index (χ3v) is 6.76. The van der Waals surface area contributed by atoms with E-state index in [1.165, 1.54) is 10.5 Å². The van der Waals surface area contributed by atoms with Gasteiger partial charge in [0.05, 0.1) is 5.69 Å². The minimum Gasteiger partial charge on any atom is -0.441 e. The van der Waals surface area contributed by atoms with E-state index in [1.54, 1.807) is 35.7 Å². The highest BCUT2D eigenvalue weighted by molar-refractivity contribution is 7.98. The molecule has 4 nitrogen and oxygen atoms in total. The number of carbonyl (C=O) groups excluding carboxylic acids is 1. The Kier molecular flexibility index (Phi) is 7.02. The van der Waals surface area contributed by atoms with Crippen molar-refractivity contribution in [2.24, 2.45) is 0 Å². The van der Waals surface area contributed by atoms with Gasteiger partial charge in [0.25, 0.3) is 5.91 Å². The number of amides is 1. The fourth-order valence-electron chi connectivity index (χ4n) is 3.14. The van der Waals surface area contributed by atoms with Gasteiger partial charge < -0.3 is 9.73 Å². The SMILES string of the molecule is CSc1cccc(NC(=O)c2ccc(-c3nc(CSc4ccc(C)cc4)c(C)o3)cc2)c1. The average molecular weight is 461 g/mol. The minimum atomic E-state index is -0.145. The number of anilines is 1. The van der Waals surface area contributed by atoms with E-state index in [1.807, 2.05) is 49.6 Å². The van der Waals surface area contributed by atoms with Gasteiger partial charge in [0, 0.05) is 32.4 Å². The Bertz CT molecular complexity index is 1220. The fourth-order valence-corrected chi connectivity index (χ4v) is 4.50. The van der Waals surface area contributed by atoms with Gasteiger partial charge in [0.15, 0.2) is 0 Å². The van der Waals surface area contributed by atoms with Crippen LogP contribution in [0.4, 0.5) is 5.69 Å². The van der Waals surface area contributed by atoms with Crippen molar-refractivity contribution in [2.45, 2.75) is 29.4 Å². The summed E-state index contributed by atoms with van der Waals surface area (Å²) >= 11 is 3.38. The maximum Gasteiger partial charge on any atom is 0.255 e. The molecule has 0 aliphatic carbocycles. The predicted octanol–water partition coefficient (Wildman–Crippen LogP) is 7.22. The van der Waals surface area contributed by atoms with Gasteiger partial charge in [0.2, 0.25) is 5.89 Å². The molecule has 1 amide bonds. The summed E-state index contributed by atoms with van der Waals surface area (Å²) in [5.74, 6) is 1.99. The average Bonchev–Trinajstić information content (AvgIpc) is 3.19. The lowest BCUT2D eigenvalue weighted by molar-refractivity contribution is 0.102. The Labute approximate surface area is 196 Å². The largest absolute Gasteiger partial charge is 0.441 e. The summed E-state index contributed by atoms with van der Waals surface area (Å²) in [6.45, 7) is 4.02. The first-order valence-electron chi connectivity index (χ1n) is 10.2. The highest BCUT2D eigenvalue weighted by Gasteiger charge is 2.13. The molecular weight excluding hydrogens is 436 g/mol. The molecule has 0 aliphatic rings. The number of aryl methyl sites for hydroxylation is 2. The summed E-state index contributed by atoms with van der Waals surface area (Å²) in [6.07, 6.45) is 2.01. The Hall–Kier alpha value is -2.96. The van der Waals surface area contributed by atoms with E-state index in [0.717, 1.165) is 33.4 Å². The van der Waals surface area contributed by atoms with Crippen molar-refractivity contribution >= 4 is 35.1 Å². The summed E-state index contributed by atoms with van der Waals surface area (Å²) in [6, 6.07) is 23.6. The van der Waals surface area contributed by atoms with Crippen LogP contribution in [0.3, 0.4) is 0 Å². The monoisotopic (exact) mass is 460 g/mol. The first-order valence-corrected chi connectivity index (χ1v) is 12.4. The lowest BCUT2D eigenvalue weighted by atomic mass is 10.1. The third kappa shape index (κ3) is 5.44. The van der Waals surface area contributed by atoms with Crippen molar-refractivity contribution in [3.8, 4) is 11.5 Å². The molecular formula is C26H24N2O2S2. The van der Waals surface area contributed by atoms with Crippen LogP contribution in [0.15, 0.2) is 87.0 Å². The number of nitrogens with one attached hydrogen (secondary N) is 1. The number of aromatic nitrogens is 1. The molecule has 0 saturated heterocycles. The zero-order chi connectivity index (χ0) is 22.5. The normalized spacial score (nSPS) is 10.8. The smallest absolute Gasteiger partial charge is 0.255 e. The highest BCUT2D eigenvalue weighted by Crippen LogP contribution is 2.28. The van der Waals surface area contributed by atoms with E-state index in [-0.39, 0.29) is 5.91 Å². The van der Waals surface area contributed by atoms with Gasteiger partial charge in [-0.3, -0.25) is 4.79 Å². The molecule has 0 unspecified atom stereocenters. The number of oxazole rings is 1. The molecule has 0 bridgehead atoms. The molecule has 3 aromatic carbocycles. The Morgan fingerprint density at radius 3 is 2.44 bits per heavy atom. The topological polar surface area (TPSA) is 55.1 Å². The minimum absolute atomic E-state index is 0.145. The molecule has 0 atom stereocenters. The van der Waals surface area contributed by atoms with E-state index in [9.17, 15) is 4.79 Å².